The second kappa shape index (κ2) is 4.29. The molecule has 0 aliphatic heterocycles. The van der Waals surface area contributed by atoms with Crippen LogP contribution in [0.15, 0.2) is 24.3 Å². The Morgan fingerprint density at radius 3 is 2.47 bits per heavy atom. The molecule has 0 fully saturated rings. The van der Waals surface area contributed by atoms with Crippen LogP contribution in [0.2, 0.25) is 0 Å². The largest absolute Gasteiger partial charge is 0.508 e. The van der Waals surface area contributed by atoms with Crippen molar-refractivity contribution in [3.8, 4) is 5.75 Å². The van der Waals surface area contributed by atoms with Crippen LogP contribution in [0.4, 0.5) is 5.69 Å². The molecule has 0 unspecified atom stereocenters. The molecule has 0 atom stereocenters. The third-order valence-electron chi connectivity index (χ3n) is 2.50. The lowest BCUT2D eigenvalue weighted by atomic mass is 10.2. The van der Waals surface area contributed by atoms with E-state index in [1.807, 2.05) is 13.8 Å². The van der Waals surface area contributed by atoms with Gasteiger partial charge in [0.25, 0.3) is 5.91 Å². The summed E-state index contributed by atoms with van der Waals surface area (Å²) in [6, 6.07) is 6.08. The van der Waals surface area contributed by atoms with Crippen LogP contribution in [-0.4, -0.2) is 21.2 Å². The zero-order valence-electron chi connectivity index (χ0n) is 9.61. The minimum atomic E-state index is -0.224. The molecule has 0 aliphatic rings. The number of aromatic hydroxyl groups is 1. The smallest absolute Gasteiger partial charge is 0.255 e. The number of hydrogen-bond acceptors (Lipinski definition) is 3. The van der Waals surface area contributed by atoms with Gasteiger partial charge in [-0.2, -0.15) is 5.10 Å². The lowest BCUT2D eigenvalue weighted by molar-refractivity contribution is 0.102. The Bertz CT molecular complexity index is 524. The summed E-state index contributed by atoms with van der Waals surface area (Å²) in [6.07, 6.45) is 0. The molecule has 5 nitrogen and oxygen atoms in total. The van der Waals surface area contributed by atoms with Gasteiger partial charge < -0.3 is 10.4 Å². The highest BCUT2D eigenvalue weighted by molar-refractivity contribution is 6.04. The summed E-state index contributed by atoms with van der Waals surface area (Å²) in [5.74, 6) is -0.0881. The first kappa shape index (κ1) is 11.2. The average Bonchev–Trinajstić information content (AvgIpc) is 2.61. The first-order valence-electron chi connectivity index (χ1n) is 5.20. The van der Waals surface area contributed by atoms with Gasteiger partial charge in [-0.25, -0.2) is 0 Å². The molecule has 2 aromatic rings. The molecular formula is C12H13N3O2. The van der Waals surface area contributed by atoms with Gasteiger partial charge >= 0.3 is 0 Å². The van der Waals surface area contributed by atoms with Crippen molar-refractivity contribution in [3.05, 3.63) is 41.2 Å². The maximum atomic E-state index is 11.9. The van der Waals surface area contributed by atoms with E-state index < -0.39 is 0 Å². The Morgan fingerprint density at radius 1 is 1.29 bits per heavy atom. The fraction of sp³-hybridized carbons (Fsp3) is 0.167. The van der Waals surface area contributed by atoms with Gasteiger partial charge in [0.15, 0.2) is 0 Å². The molecule has 0 saturated heterocycles. The number of amides is 1. The number of carbonyl (C=O) groups is 1. The second-order valence-electron chi connectivity index (χ2n) is 3.81. The SMILES string of the molecule is Cc1n[nH]c(C)c1NC(=O)c1ccc(O)cc1. The Morgan fingerprint density at radius 2 is 1.94 bits per heavy atom. The van der Waals surface area contributed by atoms with Gasteiger partial charge in [-0.3, -0.25) is 9.89 Å². The number of carbonyl (C=O) groups excluding carboxylic acids is 1. The summed E-state index contributed by atoms with van der Waals surface area (Å²) in [7, 11) is 0. The molecule has 17 heavy (non-hydrogen) atoms. The average molecular weight is 231 g/mol. The number of phenolic OH excluding ortho intramolecular Hbond substituents is 1. The van der Waals surface area contributed by atoms with E-state index in [-0.39, 0.29) is 11.7 Å². The van der Waals surface area contributed by atoms with Crippen LogP contribution in [0, 0.1) is 13.8 Å². The minimum Gasteiger partial charge on any atom is -0.508 e. The molecule has 1 aromatic carbocycles. The summed E-state index contributed by atoms with van der Waals surface area (Å²) < 4.78 is 0. The molecule has 0 spiro atoms. The number of nitrogens with zero attached hydrogens (tertiary/aromatic N) is 1. The highest BCUT2D eigenvalue weighted by atomic mass is 16.3. The molecule has 1 aromatic heterocycles. The molecular weight excluding hydrogens is 218 g/mol. The van der Waals surface area contributed by atoms with Crippen molar-refractivity contribution < 1.29 is 9.90 Å². The van der Waals surface area contributed by atoms with Gasteiger partial charge in [-0.05, 0) is 38.1 Å². The first-order chi connectivity index (χ1) is 8.08. The van der Waals surface area contributed by atoms with Crippen molar-refractivity contribution in [2.45, 2.75) is 13.8 Å². The molecule has 2 rings (SSSR count). The minimum absolute atomic E-state index is 0.136. The molecule has 0 aliphatic carbocycles. The predicted octanol–water partition coefficient (Wildman–Crippen LogP) is 1.98. The number of phenols is 1. The Balaban J connectivity index is 2.20. The van der Waals surface area contributed by atoms with Crippen LogP contribution in [0.5, 0.6) is 5.75 Å². The van der Waals surface area contributed by atoms with Gasteiger partial charge in [0.2, 0.25) is 0 Å². The molecule has 88 valence electrons. The second-order valence-corrected chi connectivity index (χ2v) is 3.81. The predicted molar refractivity (Wildman–Crippen MR) is 64.1 cm³/mol. The van der Waals surface area contributed by atoms with E-state index in [1.165, 1.54) is 12.1 Å². The van der Waals surface area contributed by atoms with Crippen LogP contribution >= 0.6 is 0 Å². The number of benzene rings is 1. The van der Waals surface area contributed by atoms with Gasteiger partial charge in [-0.1, -0.05) is 0 Å². The molecule has 0 radical (unpaired) electrons. The number of rotatable bonds is 2. The lowest BCUT2D eigenvalue weighted by Gasteiger charge is -2.05. The normalized spacial score (nSPS) is 10.2. The third-order valence-corrected chi connectivity index (χ3v) is 2.50. The molecule has 1 heterocycles. The Labute approximate surface area is 98.5 Å². The first-order valence-corrected chi connectivity index (χ1v) is 5.20. The maximum absolute atomic E-state index is 11.9. The van der Waals surface area contributed by atoms with E-state index in [9.17, 15) is 4.79 Å². The van der Waals surface area contributed by atoms with E-state index in [0.29, 0.717) is 11.3 Å². The number of aromatic amines is 1. The topological polar surface area (TPSA) is 78.0 Å². The number of aromatic nitrogens is 2. The summed E-state index contributed by atoms with van der Waals surface area (Å²) in [6.45, 7) is 3.66. The van der Waals surface area contributed by atoms with E-state index in [1.54, 1.807) is 12.1 Å². The van der Waals surface area contributed by atoms with Crippen molar-refractivity contribution in [2.24, 2.45) is 0 Å². The highest BCUT2D eigenvalue weighted by Gasteiger charge is 2.11. The third kappa shape index (κ3) is 2.28. The number of hydrogen-bond donors (Lipinski definition) is 3. The van der Waals surface area contributed by atoms with E-state index in [4.69, 9.17) is 5.11 Å². The van der Waals surface area contributed by atoms with Crippen molar-refractivity contribution in [3.63, 3.8) is 0 Å². The summed E-state index contributed by atoms with van der Waals surface area (Å²) in [5, 5.41) is 18.7. The molecule has 3 N–H and O–H groups in total. The van der Waals surface area contributed by atoms with Crippen molar-refractivity contribution in [1.29, 1.82) is 0 Å². The Kier molecular flexibility index (Phi) is 2.82. The number of aryl methyl sites for hydroxylation is 2. The number of H-pyrrole nitrogens is 1. The van der Waals surface area contributed by atoms with Gasteiger partial charge in [-0.15, -0.1) is 0 Å². The van der Waals surface area contributed by atoms with Gasteiger partial charge in [0.1, 0.15) is 5.75 Å². The highest BCUT2D eigenvalue weighted by Crippen LogP contribution is 2.18. The summed E-state index contributed by atoms with van der Waals surface area (Å²) >= 11 is 0. The van der Waals surface area contributed by atoms with Crippen molar-refractivity contribution in [2.75, 3.05) is 5.32 Å². The molecule has 0 saturated carbocycles. The van der Waals surface area contributed by atoms with Crippen LogP contribution in [-0.2, 0) is 0 Å². The van der Waals surface area contributed by atoms with Crippen molar-refractivity contribution >= 4 is 11.6 Å². The number of anilines is 1. The van der Waals surface area contributed by atoms with Crippen molar-refractivity contribution in [1.82, 2.24) is 10.2 Å². The fourth-order valence-corrected chi connectivity index (χ4v) is 1.53. The molecule has 1 amide bonds. The van der Waals surface area contributed by atoms with E-state index in [0.717, 1.165) is 11.4 Å². The zero-order chi connectivity index (χ0) is 12.4. The lowest BCUT2D eigenvalue weighted by Crippen LogP contribution is -2.12. The molecule has 0 bridgehead atoms. The van der Waals surface area contributed by atoms with Gasteiger partial charge in [0.05, 0.1) is 17.1 Å². The standard InChI is InChI=1S/C12H13N3O2/c1-7-11(8(2)15-14-7)13-12(17)9-3-5-10(16)6-4-9/h3-6,16H,1-2H3,(H,13,17)(H,14,15). The number of nitrogens with one attached hydrogen (secondary N) is 2. The fourth-order valence-electron chi connectivity index (χ4n) is 1.53. The van der Waals surface area contributed by atoms with Gasteiger partial charge in [0, 0.05) is 5.56 Å². The monoisotopic (exact) mass is 231 g/mol. The van der Waals surface area contributed by atoms with Crippen LogP contribution < -0.4 is 5.32 Å². The van der Waals surface area contributed by atoms with Crippen LogP contribution in [0.3, 0.4) is 0 Å². The zero-order valence-corrected chi connectivity index (χ0v) is 9.61. The summed E-state index contributed by atoms with van der Waals surface area (Å²) in [4.78, 5) is 11.9. The summed E-state index contributed by atoms with van der Waals surface area (Å²) in [5.41, 5.74) is 2.75. The maximum Gasteiger partial charge on any atom is 0.255 e. The Hall–Kier alpha value is -2.30. The van der Waals surface area contributed by atoms with Crippen LogP contribution in [0.1, 0.15) is 21.7 Å². The van der Waals surface area contributed by atoms with Crippen LogP contribution in [0.25, 0.3) is 0 Å². The van der Waals surface area contributed by atoms with E-state index in [2.05, 4.69) is 15.5 Å². The molecule has 5 heteroatoms. The van der Waals surface area contributed by atoms with E-state index >= 15 is 0 Å². The quantitative estimate of drug-likeness (QED) is 0.739.